The lowest BCUT2D eigenvalue weighted by Crippen LogP contribution is -2.34. The van der Waals surface area contributed by atoms with Crippen LogP contribution in [-0.4, -0.2) is 11.1 Å². The van der Waals surface area contributed by atoms with Crippen LogP contribution in [0.4, 0.5) is 0 Å². The molecule has 2 nitrogen and oxygen atoms in total. The summed E-state index contributed by atoms with van der Waals surface area (Å²) in [5, 5.41) is 9.49. The Morgan fingerprint density at radius 3 is 2.50 bits per heavy atom. The van der Waals surface area contributed by atoms with Crippen molar-refractivity contribution in [3.05, 3.63) is 11.6 Å². The summed E-state index contributed by atoms with van der Waals surface area (Å²) in [4.78, 5) is 11.5. The van der Waals surface area contributed by atoms with Crippen molar-refractivity contribution >= 4 is 5.97 Å². The summed E-state index contributed by atoms with van der Waals surface area (Å²) in [5.41, 5.74) is 0.997. The fraction of sp³-hybridized carbons (Fsp3) is 0.786. The van der Waals surface area contributed by atoms with Gasteiger partial charge in [-0.3, -0.25) is 4.79 Å². The minimum atomic E-state index is -0.557. The van der Waals surface area contributed by atoms with Gasteiger partial charge in [-0.2, -0.15) is 0 Å². The van der Waals surface area contributed by atoms with Crippen molar-refractivity contribution in [2.45, 2.75) is 64.2 Å². The number of carboxylic acids is 1. The third kappa shape index (κ3) is 2.47. The largest absolute Gasteiger partial charge is 0.481 e. The van der Waals surface area contributed by atoms with Crippen molar-refractivity contribution in [1.29, 1.82) is 0 Å². The molecule has 0 saturated heterocycles. The van der Waals surface area contributed by atoms with E-state index in [4.69, 9.17) is 0 Å². The molecule has 1 fully saturated rings. The van der Waals surface area contributed by atoms with Gasteiger partial charge < -0.3 is 5.11 Å². The molecule has 0 aromatic carbocycles. The van der Waals surface area contributed by atoms with Gasteiger partial charge in [0, 0.05) is 0 Å². The van der Waals surface area contributed by atoms with E-state index in [0.29, 0.717) is 0 Å². The Morgan fingerprint density at radius 2 is 1.94 bits per heavy atom. The van der Waals surface area contributed by atoms with Crippen LogP contribution in [0.25, 0.3) is 0 Å². The van der Waals surface area contributed by atoms with E-state index in [1.54, 1.807) is 0 Å². The SMILES string of the molecule is O=C(O)C1(CC2=CCCCC2)CCCCC1. The van der Waals surface area contributed by atoms with Gasteiger partial charge in [-0.1, -0.05) is 30.9 Å². The lowest BCUT2D eigenvalue weighted by atomic mass is 9.69. The third-order valence-electron chi connectivity index (χ3n) is 4.21. The first kappa shape index (κ1) is 11.7. The highest BCUT2D eigenvalue weighted by Gasteiger charge is 2.39. The molecule has 1 N–H and O–H groups in total. The summed E-state index contributed by atoms with van der Waals surface area (Å²) in [5.74, 6) is -0.557. The van der Waals surface area contributed by atoms with Crippen LogP contribution in [0.3, 0.4) is 0 Å². The molecule has 2 heteroatoms. The van der Waals surface area contributed by atoms with E-state index in [0.717, 1.165) is 44.9 Å². The van der Waals surface area contributed by atoms with Gasteiger partial charge in [-0.05, 0) is 44.9 Å². The van der Waals surface area contributed by atoms with Gasteiger partial charge >= 0.3 is 5.97 Å². The quantitative estimate of drug-likeness (QED) is 0.735. The van der Waals surface area contributed by atoms with Gasteiger partial charge in [-0.25, -0.2) is 0 Å². The summed E-state index contributed by atoms with van der Waals surface area (Å²) in [7, 11) is 0. The Morgan fingerprint density at radius 1 is 1.19 bits per heavy atom. The Bertz CT molecular complexity index is 285. The van der Waals surface area contributed by atoms with Crippen molar-refractivity contribution in [1.82, 2.24) is 0 Å². The van der Waals surface area contributed by atoms with Gasteiger partial charge in [0.05, 0.1) is 5.41 Å². The van der Waals surface area contributed by atoms with Crippen LogP contribution < -0.4 is 0 Å². The maximum atomic E-state index is 11.5. The predicted octanol–water partition coefficient (Wildman–Crippen LogP) is 3.91. The Hall–Kier alpha value is -0.790. The minimum absolute atomic E-state index is 0.415. The smallest absolute Gasteiger partial charge is 0.309 e. The molecule has 2 rings (SSSR count). The van der Waals surface area contributed by atoms with Crippen LogP contribution in [0, 0.1) is 5.41 Å². The molecule has 2 aliphatic rings. The normalized spacial score (nSPS) is 24.9. The summed E-state index contributed by atoms with van der Waals surface area (Å²) in [6, 6.07) is 0. The van der Waals surface area contributed by atoms with E-state index in [2.05, 4.69) is 6.08 Å². The van der Waals surface area contributed by atoms with Crippen molar-refractivity contribution < 1.29 is 9.90 Å². The highest BCUT2D eigenvalue weighted by Crippen LogP contribution is 2.43. The predicted molar refractivity (Wildman–Crippen MR) is 64.3 cm³/mol. The average Bonchev–Trinajstić information content (AvgIpc) is 2.31. The molecule has 0 bridgehead atoms. The zero-order valence-corrected chi connectivity index (χ0v) is 10.0. The Labute approximate surface area is 97.7 Å². The Balaban J connectivity index is 2.07. The molecule has 0 unspecified atom stereocenters. The van der Waals surface area contributed by atoms with Gasteiger partial charge in [0.2, 0.25) is 0 Å². The van der Waals surface area contributed by atoms with E-state index < -0.39 is 11.4 Å². The highest BCUT2D eigenvalue weighted by molar-refractivity contribution is 5.75. The standard InChI is InChI=1S/C14H22O2/c15-13(16)14(9-5-2-6-10-14)11-12-7-3-1-4-8-12/h7H,1-6,8-11H2,(H,15,16). The van der Waals surface area contributed by atoms with E-state index >= 15 is 0 Å². The molecule has 16 heavy (non-hydrogen) atoms. The van der Waals surface area contributed by atoms with Gasteiger partial charge in [0.1, 0.15) is 0 Å². The highest BCUT2D eigenvalue weighted by atomic mass is 16.4. The van der Waals surface area contributed by atoms with Gasteiger partial charge in [-0.15, -0.1) is 0 Å². The fourth-order valence-electron chi connectivity index (χ4n) is 3.19. The minimum Gasteiger partial charge on any atom is -0.481 e. The molecular weight excluding hydrogens is 200 g/mol. The van der Waals surface area contributed by atoms with Crippen LogP contribution in [0.2, 0.25) is 0 Å². The summed E-state index contributed by atoms with van der Waals surface area (Å²) < 4.78 is 0. The van der Waals surface area contributed by atoms with Crippen molar-refractivity contribution in [2.24, 2.45) is 5.41 Å². The number of rotatable bonds is 3. The van der Waals surface area contributed by atoms with Crippen LogP contribution in [0.5, 0.6) is 0 Å². The van der Waals surface area contributed by atoms with Gasteiger partial charge in [0.15, 0.2) is 0 Å². The van der Waals surface area contributed by atoms with E-state index in [1.807, 2.05) is 0 Å². The molecule has 0 spiro atoms. The molecule has 0 heterocycles. The van der Waals surface area contributed by atoms with Gasteiger partial charge in [0.25, 0.3) is 0 Å². The molecule has 0 aromatic rings. The van der Waals surface area contributed by atoms with Crippen LogP contribution in [-0.2, 0) is 4.79 Å². The number of hydrogen-bond donors (Lipinski definition) is 1. The van der Waals surface area contributed by atoms with E-state index in [-0.39, 0.29) is 0 Å². The average molecular weight is 222 g/mol. The maximum Gasteiger partial charge on any atom is 0.309 e. The summed E-state index contributed by atoms with van der Waals surface area (Å²) in [6.45, 7) is 0. The number of carbonyl (C=O) groups is 1. The van der Waals surface area contributed by atoms with E-state index in [9.17, 15) is 9.90 Å². The van der Waals surface area contributed by atoms with Crippen molar-refractivity contribution in [2.75, 3.05) is 0 Å². The molecule has 0 radical (unpaired) electrons. The number of aliphatic carboxylic acids is 1. The zero-order chi connectivity index (χ0) is 11.4. The topological polar surface area (TPSA) is 37.3 Å². The lowest BCUT2D eigenvalue weighted by molar-refractivity contribution is -0.151. The number of allylic oxidation sites excluding steroid dienone is 2. The van der Waals surface area contributed by atoms with Crippen LogP contribution in [0.15, 0.2) is 11.6 Å². The first-order valence-electron chi connectivity index (χ1n) is 6.64. The summed E-state index contributed by atoms with van der Waals surface area (Å²) in [6.07, 6.45) is 13.1. The molecule has 1 saturated carbocycles. The van der Waals surface area contributed by atoms with Crippen molar-refractivity contribution in [3.63, 3.8) is 0 Å². The second-order valence-corrected chi connectivity index (χ2v) is 5.43. The lowest BCUT2D eigenvalue weighted by Gasteiger charge is -2.34. The Kier molecular flexibility index (Phi) is 3.67. The maximum absolute atomic E-state index is 11.5. The molecule has 0 aliphatic heterocycles. The zero-order valence-electron chi connectivity index (χ0n) is 10.0. The fourth-order valence-corrected chi connectivity index (χ4v) is 3.19. The molecule has 0 amide bonds. The van der Waals surface area contributed by atoms with Crippen LogP contribution >= 0.6 is 0 Å². The summed E-state index contributed by atoms with van der Waals surface area (Å²) >= 11 is 0. The second-order valence-electron chi connectivity index (χ2n) is 5.43. The van der Waals surface area contributed by atoms with Crippen LogP contribution in [0.1, 0.15) is 64.2 Å². The monoisotopic (exact) mass is 222 g/mol. The molecule has 0 atom stereocenters. The van der Waals surface area contributed by atoms with Crippen molar-refractivity contribution in [3.8, 4) is 0 Å². The second kappa shape index (κ2) is 5.03. The number of hydrogen-bond acceptors (Lipinski definition) is 1. The van der Waals surface area contributed by atoms with E-state index in [1.165, 1.54) is 24.8 Å². The molecule has 90 valence electrons. The third-order valence-corrected chi connectivity index (χ3v) is 4.21. The first-order chi connectivity index (χ1) is 7.73. The number of carboxylic acid groups (broad SMARTS) is 1. The molecule has 2 aliphatic carbocycles. The molecule has 0 aromatic heterocycles. The first-order valence-corrected chi connectivity index (χ1v) is 6.64. The molecular formula is C14H22O2.